The van der Waals surface area contributed by atoms with Gasteiger partial charge in [-0.2, -0.15) is 0 Å². The van der Waals surface area contributed by atoms with E-state index in [-0.39, 0.29) is 5.92 Å². The van der Waals surface area contributed by atoms with E-state index in [1.165, 1.54) is 0 Å². The molecule has 2 atom stereocenters. The molecular formula is C27H35N3O2. The maximum absolute atomic E-state index is 13.3. The average molecular weight is 434 g/mol. The molecule has 2 aromatic rings. The van der Waals surface area contributed by atoms with Crippen molar-refractivity contribution >= 4 is 12.2 Å². The van der Waals surface area contributed by atoms with Gasteiger partial charge < -0.3 is 15.0 Å². The molecule has 2 fully saturated rings. The second kappa shape index (κ2) is 9.97. The molecule has 170 valence electrons. The number of aldehydes is 1. The molecule has 5 heteroatoms. The van der Waals surface area contributed by atoms with Crippen molar-refractivity contribution in [1.82, 2.24) is 15.1 Å². The lowest BCUT2D eigenvalue weighted by Gasteiger charge is -2.48. The number of amides is 1. The van der Waals surface area contributed by atoms with Crippen LogP contribution in [0, 0.1) is 5.92 Å². The van der Waals surface area contributed by atoms with Gasteiger partial charge in [-0.3, -0.25) is 9.69 Å². The van der Waals surface area contributed by atoms with Crippen LogP contribution in [0.1, 0.15) is 44.2 Å². The van der Waals surface area contributed by atoms with E-state index < -0.39 is 5.54 Å². The molecule has 2 aliphatic rings. The number of nitrogens with zero attached hydrogens (tertiary/aromatic N) is 2. The van der Waals surface area contributed by atoms with Crippen LogP contribution < -0.4 is 5.32 Å². The molecule has 2 unspecified atom stereocenters. The van der Waals surface area contributed by atoms with Crippen LogP contribution >= 0.6 is 0 Å². The summed E-state index contributed by atoms with van der Waals surface area (Å²) in [5, 5.41) is 3.51. The zero-order chi connectivity index (χ0) is 22.6. The first-order valence-electron chi connectivity index (χ1n) is 11.9. The summed E-state index contributed by atoms with van der Waals surface area (Å²) in [7, 11) is 0. The standard InChI is InChI=1S/C27H35N3O2/c1-21-19-29(20-22(2)28-21)26(32)23-13-16-30(17-14-23)27(15-18-31,24-9-5-3-6-10-24)25-11-7-4-8-12-25/h3-12,18,21-23,28H,13-17,19-20H2,1-2H3. The number of benzene rings is 2. The molecule has 0 radical (unpaired) electrons. The van der Waals surface area contributed by atoms with Crippen molar-refractivity contribution in [1.29, 1.82) is 0 Å². The summed E-state index contributed by atoms with van der Waals surface area (Å²) in [5.41, 5.74) is 1.76. The topological polar surface area (TPSA) is 52.7 Å². The SMILES string of the molecule is CC1CN(C(=O)C2CCN(C(CC=O)(c3ccccc3)c3ccccc3)CC2)CC(C)N1. The van der Waals surface area contributed by atoms with Gasteiger partial charge in [0.05, 0.1) is 5.54 Å². The van der Waals surface area contributed by atoms with E-state index in [0.717, 1.165) is 56.4 Å². The molecule has 2 aromatic carbocycles. The van der Waals surface area contributed by atoms with Crippen molar-refractivity contribution < 1.29 is 9.59 Å². The van der Waals surface area contributed by atoms with Gasteiger partial charge >= 0.3 is 0 Å². The first-order chi connectivity index (χ1) is 15.5. The van der Waals surface area contributed by atoms with Crippen molar-refractivity contribution in [2.75, 3.05) is 26.2 Å². The van der Waals surface area contributed by atoms with Gasteiger partial charge in [-0.1, -0.05) is 60.7 Å². The fraction of sp³-hybridized carbons (Fsp3) is 0.481. The number of carbonyl (C=O) groups is 2. The molecule has 4 rings (SSSR count). The first-order valence-corrected chi connectivity index (χ1v) is 11.9. The van der Waals surface area contributed by atoms with Crippen LogP contribution in [-0.4, -0.2) is 60.3 Å². The highest BCUT2D eigenvalue weighted by Gasteiger charge is 2.43. The molecule has 0 spiro atoms. The zero-order valence-electron chi connectivity index (χ0n) is 19.2. The predicted octanol–water partition coefficient (Wildman–Crippen LogP) is 3.44. The molecule has 2 saturated heterocycles. The van der Waals surface area contributed by atoms with Crippen LogP contribution in [0.2, 0.25) is 0 Å². The first kappa shape index (κ1) is 22.7. The Morgan fingerprint density at radius 3 is 1.91 bits per heavy atom. The second-order valence-electron chi connectivity index (χ2n) is 9.44. The summed E-state index contributed by atoms with van der Waals surface area (Å²) in [6.07, 6.45) is 3.09. The maximum Gasteiger partial charge on any atom is 0.225 e. The lowest BCUT2D eigenvalue weighted by atomic mass is 9.77. The minimum atomic E-state index is -0.504. The Morgan fingerprint density at radius 1 is 0.938 bits per heavy atom. The van der Waals surface area contributed by atoms with Crippen LogP contribution in [-0.2, 0) is 15.1 Å². The summed E-state index contributed by atoms with van der Waals surface area (Å²) in [6.45, 7) is 7.45. The van der Waals surface area contributed by atoms with Crippen molar-refractivity contribution in [3.8, 4) is 0 Å². The monoisotopic (exact) mass is 433 g/mol. The molecule has 0 bridgehead atoms. The van der Waals surface area contributed by atoms with Crippen LogP contribution in [0.25, 0.3) is 0 Å². The quantitative estimate of drug-likeness (QED) is 0.709. The number of piperazine rings is 1. The highest BCUT2D eigenvalue weighted by atomic mass is 16.2. The highest BCUT2D eigenvalue weighted by Crippen LogP contribution is 2.41. The van der Waals surface area contributed by atoms with E-state index in [1.807, 2.05) is 36.4 Å². The van der Waals surface area contributed by atoms with Crippen LogP contribution in [0.5, 0.6) is 0 Å². The molecule has 1 N–H and O–H groups in total. The minimum Gasteiger partial charge on any atom is -0.339 e. The van der Waals surface area contributed by atoms with E-state index >= 15 is 0 Å². The predicted molar refractivity (Wildman–Crippen MR) is 127 cm³/mol. The van der Waals surface area contributed by atoms with Crippen molar-refractivity contribution in [2.45, 2.75) is 50.7 Å². The van der Waals surface area contributed by atoms with Crippen LogP contribution in [0.3, 0.4) is 0 Å². The number of likely N-dealkylation sites (tertiary alicyclic amines) is 1. The molecule has 0 saturated carbocycles. The van der Waals surface area contributed by atoms with Gasteiger partial charge in [-0.05, 0) is 37.8 Å². The molecule has 5 nitrogen and oxygen atoms in total. The smallest absolute Gasteiger partial charge is 0.225 e. The maximum atomic E-state index is 13.3. The molecule has 0 aliphatic carbocycles. The molecule has 0 aromatic heterocycles. The molecular weight excluding hydrogens is 398 g/mol. The number of carbonyl (C=O) groups excluding carboxylic acids is 2. The average Bonchev–Trinajstić information content (AvgIpc) is 2.83. The van der Waals surface area contributed by atoms with Gasteiger partial charge in [0.2, 0.25) is 5.91 Å². The Bertz CT molecular complexity index is 844. The van der Waals surface area contributed by atoms with Crippen molar-refractivity contribution in [3.05, 3.63) is 71.8 Å². The van der Waals surface area contributed by atoms with Gasteiger partial charge in [-0.15, -0.1) is 0 Å². The van der Waals surface area contributed by atoms with Crippen molar-refractivity contribution in [2.24, 2.45) is 5.92 Å². The summed E-state index contributed by atoms with van der Waals surface area (Å²) in [6, 6.07) is 21.4. The fourth-order valence-corrected chi connectivity index (χ4v) is 5.72. The summed E-state index contributed by atoms with van der Waals surface area (Å²) in [5.74, 6) is 0.356. The third-order valence-corrected chi connectivity index (χ3v) is 7.13. The lowest BCUT2D eigenvalue weighted by Crippen LogP contribution is -2.58. The third-order valence-electron chi connectivity index (χ3n) is 7.13. The number of hydrogen-bond donors (Lipinski definition) is 1. The lowest BCUT2D eigenvalue weighted by molar-refractivity contribution is -0.139. The van der Waals surface area contributed by atoms with Gasteiger partial charge in [0.15, 0.2) is 0 Å². The van der Waals surface area contributed by atoms with Gasteiger partial charge in [0.25, 0.3) is 0 Å². The van der Waals surface area contributed by atoms with Gasteiger partial charge in [-0.25, -0.2) is 0 Å². The zero-order valence-corrected chi connectivity index (χ0v) is 19.2. The molecule has 1 amide bonds. The van der Waals surface area contributed by atoms with E-state index in [4.69, 9.17) is 0 Å². The normalized spacial score (nSPS) is 23.1. The molecule has 32 heavy (non-hydrogen) atoms. The third kappa shape index (κ3) is 4.50. The Labute approximate surface area is 191 Å². The number of nitrogens with one attached hydrogen (secondary N) is 1. The summed E-state index contributed by atoms with van der Waals surface area (Å²) < 4.78 is 0. The Morgan fingerprint density at radius 2 is 1.44 bits per heavy atom. The van der Waals surface area contributed by atoms with Gasteiger partial charge in [0, 0.05) is 50.6 Å². The van der Waals surface area contributed by atoms with Crippen LogP contribution in [0.4, 0.5) is 0 Å². The highest BCUT2D eigenvalue weighted by molar-refractivity contribution is 5.79. The van der Waals surface area contributed by atoms with E-state index in [1.54, 1.807) is 0 Å². The summed E-state index contributed by atoms with van der Waals surface area (Å²) in [4.78, 5) is 29.7. The number of rotatable bonds is 6. The van der Waals surface area contributed by atoms with Crippen LogP contribution in [0.15, 0.2) is 60.7 Å². The van der Waals surface area contributed by atoms with E-state index in [2.05, 4.69) is 53.2 Å². The minimum absolute atomic E-state index is 0.0595. The van der Waals surface area contributed by atoms with E-state index in [0.29, 0.717) is 24.4 Å². The number of piperidine rings is 1. The second-order valence-corrected chi connectivity index (χ2v) is 9.44. The van der Waals surface area contributed by atoms with Crippen molar-refractivity contribution in [3.63, 3.8) is 0 Å². The molecule has 2 aliphatic heterocycles. The Balaban J connectivity index is 1.57. The number of hydrogen-bond acceptors (Lipinski definition) is 4. The largest absolute Gasteiger partial charge is 0.339 e. The summed E-state index contributed by atoms with van der Waals surface area (Å²) >= 11 is 0. The van der Waals surface area contributed by atoms with Gasteiger partial charge in [0.1, 0.15) is 6.29 Å². The van der Waals surface area contributed by atoms with E-state index in [9.17, 15) is 9.59 Å². The Kier molecular flexibility index (Phi) is 7.07. The Hall–Kier alpha value is -2.50. The molecule has 2 heterocycles. The fourth-order valence-electron chi connectivity index (χ4n) is 5.72.